The monoisotopic (exact) mass is 226 g/mol. The van der Waals surface area contributed by atoms with Crippen molar-refractivity contribution in [1.82, 2.24) is 0 Å². The summed E-state index contributed by atoms with van der Waals surface area (Å²) in [5.41, 5.74) is 0. The molecule has 3 heteroatoms. The number of allylic oxidation sites excluding steroid dienone is 4. The third-order valence-corrected chi connectivity index (χ3v) is 1.62. The number of rotatable bonds is 4. The zero-order valence-electron chi connectivity index (χ0n) is 11.0. The first-order chi connectivity index (χ1) is 7.31. The zero-order valence-corrected chi connectivity index (χ0v) is 11.0. The van der Waals surface area contributed by atoms with Crippen LogP contribution in [0.25, 0.3) is 0 Å². The first-order valence-electron chi connectivity index (χ1n) is 5.57. The van der Waals surface area contributed by atoms with Gasteiger partial charge in [-0.25, -0.2) is 4.79 Å². The van der Waals surface area contributed by atoms with Crippen molar-refractivity contribution in [1.29, 1.82) is 0 Å². The lowest BCUT2D eigenvalue weighted by molar-refractivity contribution is 0.102. The minimum Gasteiger partial charge on any atom is -0.400 e. The van der Waals surface area contributed by atoms with Crippen molar-refractivity contribution in [3.05, 3.63) is 23.7 Å². The molecule has 0 fully saturated rings. The minimum atomic E-state index is -0.677. The lowest BCUT2D eigenvalue weighted by atomic mass is 10.2. The number of ether oxygens (including phenoxy) is 2. The summed E-state index contributed by atoms with van der Waals surface area (Å²) in [6.07, 6.45) is 3.05. The van der Waals surface area contributed by atoms with E-state index in [0.717, 1.165) is 0 Å². The molecule has 0 spiro atoms. The first kappa shape index (κ1) is 14.8. The lowest BCUT2D eigenvalue weighted by Crippen LogP contribution is -2.05. The van der Waals surface area contributed by atoms with Gasteiger partial charge in [-0.2, -0.15) is 0 Å². The van der Waals surface area contributed by atoms with Crippen LogP contribution in [0.15, 0.2) is 23.7 Å². The molecule has 0 aromatic heterocycles. The van der Waals surface area contributed by atoms with Gasteiger partial charge in [0.15, 0.2) is 0 Å². The Morgan fingerprint density at radius 3 is 1.44 bits per heavy atom. The van der Waals surface area contributed by atoms with Gasteiger partial charge in [-0.15, -0.1) is 0 Å². The van der Waals surface area contributed by atoms with Gasteiger partial charge in [-0.1, -0.05) is 27.7 Å². The molecule has 0 heterocycles. The summed E-state index contributed by atoms with van der Waals surface area (Å²) in [5, 5.41) is 0. The largest absolute Gasteiger partial charge is 0.518 e. The summed E-state index contributed by atoms with van der Waals surface area (Å²) in [7, 11) is 0. The van der Waals surface area contributed by atoms with E-state index in [1.54, 1.807) is 13.8 Å². The molecule has 92 valence electrons. The van der Waals surface area contributed by atoms with Crippen LogP contribution in [0.1, 0.15) is 41.5 Å². The molecule has 0 aromatic carbocycles. The second-order valence-corrected chi connectivity index (χ2v) is 4.50. The molecule has 0 aliphatic heterocycles. The zero-order chi connectivity index (χ0) is 12.7. The minimum absolute atomic E-state index is 0.347. The highest BCUT2D eigenvalue weighted by Crippen LogP contribution is 2.08. The van der Waals surface area contributed by atoms with Crippen molar-refractivity contribution in [3.8, 4) is 0 Å². The number of carbonyl (C=O) groups excluding carboxylic acids is 1. The molecule has 0 rings (SSSR count). The summed E-state index contributed by atoms with van der Waals surface area (Å²) in [6, 6.07) is 0. The van der Waals surface area contributed by atoms with Crippen molar-refractivity contribution in [3.63, 3.8) is 0 Å². The second-order valence-electron chi connectivity index (χ2n) is 4.50. The second kappa shape index (κ2) is 7.09. The quantitative estimate of drug-likeness (QED) is 0.530. The van der Waals surface area contributed by atoms with Crippen LogP contribution in [0.3, 0.4) is 0 Å². The van der Waals surface area contributed by atoms with Gasteiger partial charge in [0.2, 0.25) is 0 Å². The topological polar surface area (TPSA) is 35.5 Å². The maximum Gasteiger partial charge on any atom is 0.518 e. The van der Waals surface area contributed by atoms with Crippen LogP contribution in [0.4, 0.5) is 4.79 Å². The molecule has 0 atom stereocenters. The maximum atomic E-state index is 11.3. The summed E-state index contributed by atoms with van der Waals surface area (Å²) >= 11 is 0. The molecule has 0 saturated heterocycles. The Kier molecular flexibility index (Phi) is 6.54. The molecule has 3 nitrogen and oxygen atoms in total. The van der Waals surface area contributed by atoms with Gasteiger partial charge < -0.3 is 9.47 Å². The molecular formula is C13H22O3. The highest BCUT2D eigenvalue weighted by atomic mass is 16.7. The fraction of sp³-hybridized carbons (Fsp3) is 0.615. The number of carbonyl (C=O) groups is 1. The van der Waals surface area contributed by atoms with Gasteiger partial charge in [-0.05, 0) is 37.8 Å². The van der Waals surface area contributed by atoms with Gasteiger partial charge in [-0.3, -0.25) is 0 Å². The van der Waals surface area contributed by atoms with E-state index in [-0.39, 0.29) is 0 Å². The van der Waals surface area contributed by atoms with Crippen molar-refractivity contribution in [2.24, 2.45) is 11.8 Å². The van der Waals surface area contributed by atoms with Crippen LogP contribution < -0.4 is 0 Å². The Morgan fingerprint density at radius 1 is 0.875 bits per heavy atom. The van der Waals surface area contributed by atoms with E-state index in [0.29, 0.717) is 23.4 Å². The molecule has 0 saturated carbocycles. The Hall–Kier alpha value is -1.25. The molecule has 0 N–H and O–H groups in total. The predicted molar refractivity (Wildman–Crippen MR) is 64.8 cm³/mol. The van der Waals surface area contributed by atoms with Crippen LogP contribution in [0, 0.1) is 11.8 Å². The standard InChI is InChI=1S/C13H22O3/c1-9(2)7-11(5)15-13(14)16-12(6)8-10(3)4/h7-10H,1-6H3/b11-7-,12-8-. The predicted octanol–water partition coefficient (Wildman–Crippen LogP) is 4.26. The Morgan fingerprint density at radius 2 is 1.19 bits per heavy atom. The molecule has 16 heavy (non-hydrogen) atoms. The number of hydrogen-bond donors (Lipinski definition) is 0. The summed E-state index contributed by atoms with van der Waals surface area (Å²) in [4.78, 5) is 11.3. The molecule has 0 aliphatic rings. The summed E-state index contributed by atoms with van der Waals surface area (Å²) in [5.74, 6) is 1.83. The van der Waals surface area contributed by atoms with Crippen molar-refractivity contribution < 1.29 is 14.3 Å². The average Bonchev–Trinajstić information content (AvgIpc) is 1.97. The van der Waals surface area contributed by atoms with E-state index in [1.807, 2.05) is 39.8 Å². The fourth-order valence-electron chi connectivity index (χ4n) is 1.29. The molecule has 0 radical (unpaired) electrons. The smallest absolute Gasteiger partial charge is 0.400 e. The van der Waals surface area contributed by atoms with Crippen molar-refractivity contribution in [2.45, 2.75) is 41.5 Å². The molecule has 0 bridgehead atoms. The third-order valence-electron chi connectivity index (χ3n) is 1.62. The highest BCUT2D eigenvalue weighted by Gasteiger charge is 2.07. The molecule has 0 unspecified atom stereocenters. The Balaban J connectivity index is 4.19. The molecule has 0 aromatic rings. The Bertz CT molecular complexity index is 258. The SMILES string of the molecule is C/C(=C/C(C)C)OC(=O)O/C(C)=C\C(C)C. The van der Waals surface area contributed by atoms with Gasteiger partial charge in [0.05, 0.1) is 0 Å². The lowest BCUT2D eigenvalue weighted by Gasteiger charge is -2.07. The highest BCUT2D eigenvalue weighted by molar-refractivity contribution is 5.62. The molecular weight excluding hydrogens is 204 g/mol. The van der Waals surface area contributed by atoms with E-state index in [2.05, 4.69) is 0 Å². The van der Waals surface area contributed by atoms with E-state index >= 15 is 0 Å². The van der Waals surface area contributed by atoms with Crippen molar-refractivity contribution >= 4 is 6.16 Å². The van der Waals surface area contributed by atoms with Crippen LogP contribution in [-0.4, -0.2) is 6.16 Å². The van der Waals surface area contributed by atoms with Gasteiger partial charge >= 0.3 is 6.16 Å². The van der Waals surface area contributed by atoms with E-state index in [4.69, 9.17) is 9.47 Å². The van der Waals surface area contributed by atoms with Crippen molar-refractivity contribution in [2.75, 3.05) is 0 Å². The molecule has 0 amide bonds. The number of hydrogen-bond acceptors (Lipinski definition) is 3. The first-order valence-corrected chi connectivity index (χ1v) is 5.57. The van der Waals surface area contributed by atoms with Crippen LogP contribution in [-0.2, 0) is 9.47 Å². The Labute approximate surface area is 98.1 Å². The van der Waals surface area contributed by atoms with Crippen LogP contribution in [0.5, 0.6) is 0 Å². The van der Waals surface area contributed by atoms with Gasteiger partial charge in [0.25, 0.3) is 0 Å². The fourth-order valence-corrected chi connectivity index (χ4v) is 1.29. The van der Waals surface area contributed by atoms with Crippen LogP contribution >= 0.6 is 0 Å². The van der Waals surface area contributed by atoms with Gasteiger partial charge in [0.1, 0.15) is 11.5 Å². The van der Waals surface area contributed by atoms with E-state index in [1.165, 1.54) is 0 Å². The van der Waals surface area contributed by atoms with Gasteiger partial charge in [0, 0.05) is 0 Å². The summed E-state index contributed by atoms with van der Waals surface area (Å²) in [6.45, 7) is 11.5. The maximum absolute atomic E-state index is 11.3. The normalized spacial score (nSPS) is 13.2. The summed E-state index contributed by atoms with van der Waals surface area (Å²) < 4.78 is 9.95. The van der Waals surface area contributed by atoms with Crippen LogP contribution in [0.2, 0.25) is 0 Å². The average molecular weight is 226 g/mol. The molecule has 0 aliphatic carbocycles. The van der Waals surface area contributed by atoms with E-state index < -0.39 is 6.16 Å². The third kappa shape index (κ3) is 8.09. The van der Waals surface area contributed by atoms with E-state index in [9.17, 15) is 4.79 Å².